The molecule has 0 atom stereocenters. The molecule has 9 heteroatoms. The standard InChI is InChI=1S/C12H20N4O3S.ClH/c1-13-11(9-16(17)18)14-6-7-20-12-5-4-10(19-12)8-15(2)3;/h4-5,9,13-14H,6-8H2,1-3H3;1H. The van der Waals surface area contributed by atoms with E-state index >= 15 is 0 Å². The monoisotopic (exact) mass is 336 g/mol. The third-order valence-corrected chi connectivity index (χ3v) is 3.19. The zero-order valence-corrected chi connectivity index (χ0v) is 13.9. The highest BCUT2D eigenvalue weighted by Crippen LogP contribution is 2.21. The molecule has 120 valence electrons. The zero-order chi connectivity index (χ0) is 15.0. The molecule has 0 amide bonds. The first kappa shape index (κ1) is 19.6. The van der Waals surface area contributed by atoms with E-state index in [1.807, 2.05) is 31.1 Å². The fourth-order valence-corrected chi connectivity index (χ4v) is 2.21. The second kappa shape index (κ2) is 10.4. The van der Waals surface area contributed by atoms with E-state index in [0.29, 0.717) is 12.4 Å². The molecule has 2 N–H and O–H groups in total. The van der Waals surface area contributed by atoms with E-state index in [1.54, 1.807) is 18.8 Å². The lowest BCUT2D eigenvalue weighted by Gasteiger charge is -2.07. The summed E-state index contributed by atoms with van der Waals surface area (Å²) in [5.41, 5.74) is 0. The molecule has 0 aromatic carbocycles. The number of thioether (sulfide) groups is 1. The van der Waals surface area contributed by atoms with Crippen LogP contribution in [0.2, 0.25) is 0 Å². The molecule has 0 spiro atoms. The fourth-order valence-electron chi connectivity index (χ4n) is 1.47. The SMILES string of the molecule is CNC(=C[N+](=O)[O-])NCCSc1ccc(CN(C)C)o1.Cl. The van der Waals surface area contributed by atoms with Gasteiger partial charge in [0.05, 0.1) is 11.5 Å². The van der Waals surface area contributed by atoms with Crippen LogP contribution in [0.15, 0.2) is 33.7 Å². The van der Waals surface area contributed by atoms with Gasteiger partial charge >= 0.3 is 0 Å². The van der Waals surface area contributed by atoms with Crippen molar-refractivity contribution in [3.05, 3.63) is 40.0 Å². The highest BCUT2D eigenvalue weighted by Gasteiger charge is 2.04. The van der Waals surface area contributed by atoms with Gasteiger partial charge in [-0.05, 0) is 26.2 Å². The van der Waals surface area contributed by atoms with Crippen LogP contribution in [-0.2, 0) is 6.54 Å². The molecule has 0 aliphatic carbocycles. The molecule has 0 unspecified atom stereocenters. The minimum absolute atomic E-state index is 0. The summed E-state index contributed by atoms with van der Waals surface area (Å²) in [4.78, 5) is 11.9. The van der Waals surface area contributed by atoms with Gasteiger partial charge < -0.3 is 20.0 Å². The molecular formula is C12H21ClN4O3S. The maximum atomic E-state index is 10.3. The van der Waals surface area contributed by atoms with E-state index in [4.69, 9.17) is 4.42 Å². The van der Waals surface area contributed by atoms with Crippen molar-refractivity contribution in [3.8, 4) is 0 Å². The quantitative estimate of drug-likeness (QED) is 0.307. The van der Waals surface area contributed by atoms with Gasteiger partial charge in [-0.2, -0.15) is 0 Å². The summed E-state index contributed by atoms with van der Waals surface area (Å²) in [6, 6.07) is 3.90. The zero-order valence-electron chi connectivity index (χ0n) is 12.3. The van der Waals surface area contributed by atoms with Gasteiger partial charge in [0.25, 0.3) is 6.20 Å². The van der Waals surface area contributed by atoms with E-state index in [9.17, 15) is 10.1 Å². The van der Waals surface area contributed by atoms with E-state index in [-0.39, 0.29) is 12.4 Å². The van der Waals surface area contributed by atoms with Crippen LogP contribution < -0.4 is 10.6 Å². The Morgan fingerprint density at radius 2 is 2.24 bits per heavy atom. The Bertz CT molecular complexity index is 465. The maximum Gasteiger partial charge on any atom is 0.274 e. The molecular weight excluding hydrogens is 316 g/mol. The Balaban J connectivity index is 0.00000400. The molecule has 1 rings (SSSR count). The molecule has 0 saturated carbocycles. The number of hydrogen-bond donors (Lipinski definition) is 2. The number of nitrogens with zero attached hydrogens (tertiary/aromatic N) is 2. The van der Waals surface area contributed by atoms with Crippen molar-refractivity contribution in [2.75, 3.05) is 33.4 Å². The van der Waals surface area contributed by atoms with Gasteiger partial charge in [0, 0.05) is 19.3 Å². The highest BCUT2D eigenvalue weighted by atomic mass is 35.5. The Labute approximate surface area is 134 Å². The van der Waals surface area contributed by atoms with E-state index in [0.717, 1.165) is 29.4 Å². The molecule has 0 saturated heterocycles. The summed E-state index contributed by atoms with van der Waals surface area (Å²) in [6.45, 7) is 1.38. The lowest BCUT2D eigenvalue weighted by molar-refractivity contribution is -0.404. The van der Waals surface area contributed by atoms with Gasteiger partial charge in [-0.25, -0.2) is 0 Å². The van der Waals surface area contributed by atoms with Crippen molar-refractivity contribution in [3.63, 3.8) is 0 Å². The van der Waals surface area contributed by atoms with Gasteiger partial charge in [0.2, 0.25) is 0 Å². The van der Waals surface area contributed by atoms with Crippen LogP contribution in [0.5, 0.6) is 0 Å². The van der Waals surface area contributed by atoms with Gasteiger partial charge in [0.1, 0.15) is 5.76 Å². The van der Waals surface area contributed by atoms with Crippen LogP contribution >= 0.6 is 24.2 Å². The molecule has 0 bridgehead atoms. The normalized spacial score (nSPS) is 11.1. The van der Waals surface area contributed by atoms with Crippen LogP contribution in [0.25, 0.3) is 0 Å². The molecule has 0 aliphatic heterocycles. The van der Waals surface area contributed by atoms with Crippen molar-refractivity contribution in [2.24, 2.45) is 0 Å². The summed E-state index contributed by atoms with van der Waals surface area (Å²) >= 11 is 1.57. The molecule has 0 radical (unpaired) electrons. The number of hydrogen-bond acceptors (Lipinski definition) is 7. The summed E-state index contributed by atoms with van der Waals surface area (Å²) in [7, 11) is 5.61. The van der Waals surface area contributed by atoms with E-state index in [2.05, 4.69) is 10.6 Å². The minimum atomic E-state index is -0.494. The van der Waals surface area contributed by atoms with Gasteiger partial charge in [-0.15, -0.1) is 12.4 Å². The predicted octanol–water partition coefficient (Wildman–Crippen LogP) is 1.74. The van der Waals surface area contributed by atoms with Crippen molar-refractivity contribution >= 4 is 24.2 Å². The smallest absolute Gasteiger partial charge is 0.274 e. The average molecular weight is 337 g/mol. The van der Waals surface area contributed by atoms with Crippen LogP contribution in [0.3, 0.4) is 0 Å². The van der Waals surface area contributed by atoms with Crippen molar-refractivity contribution in [1.29, 1.82) is 0 Å². The van der Waals surface area contributed by atoms with E-state index in [1.165, 1.54) is 0 Å². The topological polar surface area (TPSA) is 83.6 Å². The molecule has 7 nitrogen and oxygen atoms in total. The fraction of sp³-hybridized carbons (Fsp3) is 0.500. The highest BCUT2D eigenvalue weighted by molar-refractivity contribution is 7.99. The Morgan fingerprint density at radius 3 is 2.81 bits per heavy atom. The van der Waals surface area contributed by atoms with Crippen molar-refractivity contribution < 1.29 is 9.34 Å². The molecule has 21 heavy (non-hydrogen) atoms. The molecule has 0 fully saturated rings. The molecule has 1 aromatic heterocycles. The van der Waals surface area contributed by atoms with Crippen LogP contribution in [0, 0.1) is 10.1 Å². The number of furan rings is 1. The van der Waals surface area contributed by atoms with Crippen LogP contribution in [0.1, 0.15) is 5.76 Å². The predicted molar refractivity (Wildman–Crippen MR) is 86.2 cm³/mol. The van der Waals surface area contributed by atoms with Gasteiger partial charge in [0.15, 0.2) is 10.9 Å². The number of rotatable bonds is 9. The lowest BCUT2D eigenvalue weighted by Crippen LogP contribution is -2.26. The third-order valence-electron chi connectivity index (χ3n) is 2.27. The second-order valence-corrected chi connectivity index (χ2v) is 5.41. The van der Waals surface area contributed by atoms with Gasteiger partial charge in [-0.1, -0.05) is 11.8 Å². The lowest BCUT2D eigenvalue weighted by atomic mass is 10.4. The number of nitro groups is 1. The largest absolute Gasteiger partial charge is 0.454 e. The molecule has 1 heterocycles. The first-order valence-corrected chi connectivity index (χ1v) is 7.13. The first-order chi connectivity index (χ1) is 9.51. The molecule has 1 aromatic rings. The maximum absolute atomic E-state index is 10.3. The first-order valence-electron chi connectivity index (χ1n) is 6.14. The average Bonchev–Trinajstić information content (AvgIpc) is 2.79. The summed E-state index contributed by atoms with van der Waals surface area (Å²) in [6.07, 6.45) is 0.909. The molecule has 0 aliphatic rings. The van der Waals surface area contributed by atoms with Crippen molar-refractivity contribution in [2.45, 2.75) is 11.6 Å². The minimum Gasteiger partial charge on any atom is -0.454 e. The van der Waals surface area contributed by atoms with Gasteiger partial charge in [-0.3, -0.25) is 10.1 Å². The van der Waals surface area contributed by atoms with Crippen molar-refractivity contribution in [1.82, 2.24) is 15.5 Å². The Kier molecular flexibility index (Phi) is 9.68. The third kappa shape index (κ3) is 8.49. The summed E-state index contributed by atoms with van der Waals surface area (Å²) < 4.78 is 5.65. The van der Waals surface area contributed by atoms with E-state index < -0.39 is 4.92 Å². The number of nitrogens with one attached hydrogen (secondary N) is 2. The Hall–Kier alpha value is -1.38. The second-order valence-electron chi connectivity index (χ2n) is 4.31. The summed E-state index contributed by atoms with van der Waals surface area (Å²) in [5, 5.41) is 16.9. The number of halogens is 1. The summed E-state index contributed by atoms with van der Waals surface area (Å²) in [5.74, 6) is 2.07. The van der Waals surface area contributed by atoms with Crippen LogP contribution in [0.4, 0.5) is 0 Å². The van der Waals surface area contributed by atoms with Crippen LogP contribution in [-0.4, -0.2) is 43.3 Å². The Morgan fingerprint density at radius 1 is 1.52 bits per heavy atom.